The number of thioether (sulfide) groups is 1. The summed E-state index contributed by atoms with van der Waals surface area (Å²) in [5.41, 5.74) is 1.90. The lowest BCUT2D eigenvalue weighted by atomic mass is 10.2. The number of nitrogens with one attached hydrogen (secondary N) is 1. The van der Waals surface area contributed by atoms with Crippen molar-refractivity contribution in [3.05, 3.63) is 59.1 Å². The second-order valence-electron chi connectivity index (χ2n) is 6.56. The van der Waals surface area contributed by atoms with Crippen LogP contribution in [0.5, 0.6) is 0 Å². The van der Waals surface area contributed by atoms with Crippen molar-refractivity contribution < 1.29 is 24.2 Å². The van der Waals surface area contributed by atoms with Gasteiger partial charge in [0.2, 0.25) is 0 Å². The summed E-state index contributed by atoms with van der Waals surface area (Å²) in [5, 5.41) is 13.1. The summed E-state index contributed by atoms with van der Waals surface area (Å²) in [6.07, 6.45) is 0. The summed E-state index contributed by atoms with van der Waals surface area (Å²) < 4.78 is 5.18. The van der Waals surface area contributed by atoms with E-state index in [4.69, 9.17) is 4.74 Å². The number of alkyl halides is 2. The number of aliphatic carboxylic acids is 1. The molecule has 1 amide bonds. The molecule has 0 saturated carbocycles. The summed E-state index contributed by atoms with van der Waals surface area (Å²) in [5.74, 6) is -2.83. The molecule has 0 bridgehead atoms. The second kappa shape index (κ2) is 9.61. The topological polar surface area (TPSA) is 118 Å². The van der Waals surface area contributed by atoms with Crippen molar-refractivity contribution in [2.75, 3.05) is 5.32 Å². The van der Waals surface area contributed by atoms with Gasteiger partial charge in [-0.15, -0.1) is 11.3 Å². The zero-order chi connectivity index (χ0) is 22.9. The molecule has 0 aliphatic carbocycles. The molecule has 2 aromatic carbocycles. The Kier molecular flexibility index (Phi) is 7.02. The smallest absolute Gasteiger partial charge is 0.397 e. The first kappa shape index (κ1) is 23.4. The van der Waals surface area contributed by atoms with E-state index in [0.717, 1.165) is 10.3 Å². The van der Waals surface area contributed by atoms with Crippen LogP contribution in [0.25, 0.3) is 10.2 Å². The predicted octanol–water partition coefficient (Wildman–Crippen LogP) is 4.45. The molecule has 4 rings (SSSR count). The molecular weight excluding hydrogens is 680 g/mol. The highest BCUT2D eigenvalue weighted by Gasteiger charge is 2.46. The van der Waals surface area contributed by atoms with E-state index < -0.39 is 24.6 Å². The standard InChI is InChI=1S/C20H13I2N3O5S2/c21-20(22)14(18(27)28)25-17(32-20)16-24-12-7-6-11(8-13(12)31-16)23-15(26)19(29)30-9-10-4-2-1-3-5-10/h1-8,14H,9H2,(H,23,26)(H,27,28). The molecule has 8 nitrogen and oxygen atoms in total. The number of rotatable bonds is 5. The van der Waals surface area contributed by atoms with Gasteiger partial charge < -0.3 is 15.2 Å². The van der Waals surface area contributed by atoms with Gasteiger partial charge in [-0.25, -0.2) is 14.6 Å². The fourth-order valence-corrected chi connectivity index (χ4v) is 6.79. The highest BCUT2D eigenvalue weighted by molar-refractivity contribution is 14.2. The molecule has 0 spiro atoms. The molecule has 32 heavy (non-hydrogen) atoms. The number of fused-ring (bicyclic) bond motifs is 1. The summed E-state index contributed by atoms with van der Waals surface area (Å²) >= 11 is 6.85. The number of halogens is 2. The number of aliphatic imine (C=N–C) groups is 1. The molecule has 1 aliphatic heterocycles. The van der Waals surface area contributed by atoms with Gasteiger partial charge in [0.1, 0.15) is 16.7 Å². The van der Waals surface area contributed by atoms with Crippen molar-refractivity contribution in [2.24, 2.45) is 4.99 Å². The number of thiazole rings is 1. The molecule has 164 valence electrons. The van der Waals surface area contributed by atoms with Crippen LogP contribution in [0.15, 0.2) is 53.5 Å². The summed E-state index contributed by atoms with van der Waals surface area (Å²) in [4.78, 5) is 44.5. The van der Waals surface area contributed by atoms with Crippen molar-refractivity contribution in [1.82, 2.24) is 4.98 Å². The van der Waals surface area contributed by atoms with Crippen LogP contribution >= 0.6 is 68.3 Å². The Morgan fingerprint density at radius 1 is 1.16 bits per heavy atom. The Morgan fingerprint density at radius 2 is 1.91 bits per heavy atom. The number of carboxylic acids is 1. The lowest BCUT2D eigenvalue weighted by molar-refractivity contribution is -0.153. The van der Waals surface area contributed by atoms with Crippen LogP contribution in [0.4, 0.5) is 5.69 Å². The molecule has 2 N–H and O–H groups in total. The number of anilines is 1. The zero-order valence-corrected chi connectivity index (χ0v) is 21.9. The first-order chi connectivity index (χ1) is 15.2. The van der Waals surface area contributed by atoms with Crippen molar-refractivity contribution in [2.45, 2.75) is 13.4 Å². The second-order valence-corrected chi connectivity index (χ2v) is 15.8. The van der Waals surface area contributed by atoms with Crippen molar-refractivity contribution >= 4 is 107 Å². The zero-order valence-electron chi connectivity index (χ0n) is 16.0. The van der Waals surface area contributed by atoms with Gasteiger partial charge in [0.25, 0.3) is 0 Å². The molecule has 2 heterocycles. The SMILES string of the molecule is O=C(Nc1ccc2nc(C3=NC(C(=O)O)C(I)(I)S3)sc2c1)C(=O)OCc1ccccc1. The van der Waals surface area contributed by atoms with Crippen LogP contribution in [0, 0.1) is 0 Å². The van der Waals surface area contributed by atoms with E-state index in [0.29, 0.717) is 21.3 Å². The van der Waals surface area contributed by atoms with Crippen LogP contribution in [-0.2, 0) is 25.7 Å². The Bertz CT molecular complexity index is 1250. The quantitative estimate of drug-likeness (QED) is 0.176. The number of amides is 1. The molecule has 1 unspecified atom stereocenters. The highest BCUT2D eigenvalue weighted by Crippen LogP contribution is 2.51. The van der Waals surface area contributed by atoms with E-state index in [9.17, 15) is 19.5 Å². The normalized spacial score (nSPS) is 17.1. The predicted molar refractivity (Wildman–Crippen MR) is 141 cm³/mol. The molecular formula is C20H13I2N3O5S2. The first-order valence-electron chi connectivity index (χ1n) is 9.03. The summed E-state index contributed by atoms with van der Waals surface area (Å²) in [6.45, 7) is 0.0105. The average Bonchev–Trinajstić information content (AvgIpc) is 3.32. The van der Waals surface area contributed by atoms with E-state index in [1.165, 1.54) is 23.1 Å². The molecule has 0 radical (unpaired) electrons. The third-order valence-corrected chi connectivity index (χ3v) is 8.90. The largest absolute Gasteiger partial charge is 0.480 e. The Morgan fingerprint density at radius 3 is 2.59 bits per heavy atom. The lowest BCUT2D eigenvalue weighted by Crippen LogP contribution is -2.29. The Labute approximate surface area is 217 Å². The Balaban J connectivity index is 1.45. The molecule has 1 aliphatic rings. The third-order valence-electron chi connectivity index (χ3n) is 4.26. The van der Waals surface area contributed by atoms with Gasteiger partial charge in [-0.05, 0) is 23.8 Å². The van der Waals surface area contributed by atoms with E-state index in [1.54, 1.807) is 30.3 Å². The minimum atomic E-state index is -0.985. The Hall–Kier alpha value is -1.78. The molecule has 12 heteroatoms. The van der Waals surface area contributed by atoms with Crippen LogP contribution < -0.4 is 5.32 Å². The van der Waals surface area contributed by atoms with Gasteiger partial charge >= 0.3 is 17.8 Å². The maximum Gasteiger partial charge on any atom is 0.397 e. The van der Waals surface area contributed by atoms with Crippen LogP contribution in [0.2, 0.25) is 0 Å². The summed E-state index contributed by atoms with van der Waals surface area (Å²) in [6, 6.07) is 13.3. The minimum Gasteiger partial charge on any atom is -0.480 e. The average molecular weight is 693 g/mol. The van der Waals surface area contributed by atoms with Crippen molar-refractivity contribution in [3.8, 4) is 0 Å². The van der Waals surface area contributed by atoms with Gasteiger partial charge in [-0.2, -0.15) is 0 Å². The number of hydrogen-bond acceptors (Lipinski definition) is 8. The highest BCUT2D eigenvalue weighted by atomic mass is 127. The van der Waals surface area contributed by atoms with E-state index in [2.05, 4.69) is 60.5 Å². The molecule has 1 aromatic heterocycles. The maximum absolute atomic E-state index is 12.2. The van der Waals surface area contributed by atoms with Gasteiger partial charge in [0, 0.05) is 5.69 Å². The molecule has 0 fully saturated rings. The third kappa shape index (κ3) is 5.23. The van der Waals surface area contributed by atoms with Crippen LogP contribution in [0.3, 0.4) is 0 Å². The number of carbonyl (C=O) groups is 3. The molecule has 3 aromatic rings. The number of ether oxygens (including phenoxy) is 1. The first-order valence-corrected chi connectivity index (χ1v) is 12.8. The number of aromatic nitrogens is 1. The van der Waals surface area contributed by atoms with Gasteiger partial charge in [0.15, 0.2) is 6.80 Å². The van der Waals surface area contributed by atoms with Gasteiger partial charge in [-0.3, -0.25) is 9.79 Å². The van der Waals surface area contributed by atoms with E-state index in [1.807, 2.05) is 18.2 Å². The number of carboxylic acid groups (broad SMARTS) is 1. The lowest BCUT2D eigenvalue weighted by Gasteiger charge is -2.15. The number of nitrogens with zero attached hydrogens (tertiary/aromatic N) is 2. The monoisotopic (exact) mass is 693 g/mol. The van der Waals surface area contributed by atoms with Crippen LogP contribution in [-0.4, -0.2) is 39.8 Å². The van der Waals surface area contributed by atoms with E-state index in [-0.39, 0.29) is 6.61 Å². The number of carbonyl (C=O) groups excluding carboxylic acids is 2. The number of esters is 1. The minimum absolute atomic E-state index is 0.0105. The molecule has 0 saturated heterocycles. The number of benzene rings is 2. The summed E-state index contributed by atoms with van der Waals surface area (Å²) in [7, 11) is 0. The molecule has 1 atom stereocenters. The van der Waals surface area contributed by atoms with Gasteiger partial charge in [-0.1, -0.05) is 87.3 Å². The fourth-order valence-electron chi connectivity index (χ4n) is 2.77. The number of hydrogen-bond donors (Lipinski definition) is 2. The van der Waals surface area contributed by atoms with E-state index >= 15 is 0 Å². The van der Waals surface area contributed by atoms with Crippen LogP contribution in [0.1, 0.15) is 10.6 Å². The van der Waals surface area contributed by atoms with Crippen molar-refractivity contribution in [1.29, 1.82) is 0 Å². The van der Waals surface area contributed by atoms with Gasteiger partial charge in [0.05, 0.1) is 10.2 Å². The van der Waals surface area contributed by atoms with Crippen molar-refractivity contribution in [3.63, 3.8) is 0 Å². The maximum atomic E-state index is 12.2. The fraction of sp³-hybridized carbons (Fsp3) is 0.150.